The van der Waals surface area contributed by atoms with E-state index in [1.807, 2.05) is 24.0 Å². The van der Waals surface area contributed by atoms with Crippen molar-refractivity contribution in [1.29, 1.82) is 0 Å². The minimum Gasteiger partial charge on any atom is -0.372 e. The molecule has 0 saturated heterocycles. The predicted octanol–water partition coefficient (Wildman–Crippen LogP) is 1.61. The molecule has 1 fully saturated rings. The Balaban J connectivity index is 1.95. The summed E-state index contributed by atoms with van der Waals surface area (Å²) in [6.45, 7) is 3.34. The van der Waals surface area contributed by atoms with Gasteiger partial charge in [0, 0.05) is 31.6 Å². The second kappa shape index (κ2) is 5.77. The molecule has 0 unspecified atom stereocenters. The molecule has 1 amide bonds. The van der Waals surface area contributed by atoms with Crippen molar-refractivity contribution in [3.63, 3.8) is 0 Å². The normalized spacial score (nSPS) is 14.6. The highest BCUT2D eigenvalue weighted by molar-refractivity contribution is 5.78. The van der Waals surface area contributed by atoms with Crippen LogP contribution in [-0.4, -0.2) is 35.0 Å². The molecule has 92 valence electrons. The van der Waals surface area contributed by atoms with Gasteiger partial charge in [0.1, 0.15) is 6.61 Å². The average Bonchev–Trinajstić information content (AvgIpc) is 3.18. The van der Waals surface area contributed by atoms with Gasteiger partial charge in [-0.3, -0.25) is 9.78 Å². The van der Waals surface area contributed by atoms with E-state index in [2.05, 4.69) is 4.98 Å². The largest absolute Gasteiger partial charge is 0.372 e. The average molecular weight is 234 g/mol. The lowest BCUT2D eigenvalue weighted by Crippen LogP contribution is -2.35. The van der Waals surface area contributed by atoms with Crippen LogP contribution in [0, 0.1) is 0 Å². The Labute approximate surface area is 102 Å². The summed E-state index contributed by atoms with van der Waals surface area (Å²) in [6, 6.07) is 4.31. The number of ether oxygens (including phenoxy) is 1. The van der Waals surface area contributed by atoms with E-state index in [9.17, 15) is 4.79 Å². The van der Waals surface area contributed by atoms with Gasteiger partial charge in [0.15, 0.2) is 0 Å². The molecule has 0 aliphatic heterocycles. The monoisotopic (exact) mass is 234 g/mol. The molecule has 17 heavy (non-hydrogen) atoms. The first-order chi connectivity index (χ1) is 8.31. The third-order valence-electron chi connectivity index (χ3n) is 2.84. The number of amides is 1. The molecular weight excluding hydrogens is 216 g/mol. The number of hydrogen-bond acceptors (Lipinski definition) is 3. The molecule has 1 aliphatic rings. The number of carbonyl (C=O) groups is 1. The Morgan fingerprint density at radius 1 is 1.47 bits per heavy atom. The maximum Gasteiger partial charge on any atom is 0.249 e. The van der Waals surface area contributed by atoms with Crippen LogP contribution < -0.4 is 0 Å². The smallest absolute Gasteiger partial charge is 0.249 e. The quantitative estimate of drug-likeness (QED) is 0.751. The van der Waals surface area contributed by atoms with Crippen LogP contribution in [-0.2, 0) is 16.1 Å². The summed E-state index contributed by atoms with van der Waals surface area (Å²) in [5, 5.41) is 0. The first-order valence-corrected chi connectivity index (χ1v) is 6.07. The highest BCUT2D eigenvalue weighted by atomic mass is 16.5. The van der Waals surface area contributed by atoms with Gasteiger partial charge in [-0.25, -0.2) is 0 Å². The lowest BCUT2D eigenvalue weighted by Gasteiger charge is -2.22. The van der Waals surface area contributed by atoms with Gasteiger partial charge in [0.25, 0.3) is 0 Å². The molecule has 4 heteroatoms. The minimum absolute atomic E-state index is 0.0890. The maximum absolute atomic E-state index is 12.0. The van der Waals surface area contributed by atoms with E-state index in [-0.39, 0.29) is 12.5 Å². The number of aromatic nitrogens is 1. The summed E-state index contributed by atoms with van der Waals surface area (Å²) < 4.78 is 5.19. The summed E-state index contributed by atoms with van der Waals surface area (Å²) in [6.07, 6.45) is 5.74. The van der Waals surface area contributed by atoms with E-state index < -0.39 is 0 Å². The zero-order valence-corrected chi connectivity index (χ0v) is 10.1. The lowest BCUT2D eigenvalue weighted by atomic mass is 10.2. The van der Waals surface area contributed by atoms with Crippen molar-refractivity contribution in [2.24, 2.45) is 0 Å². The van der Waals surface area contributed by atoms with Gasteiger partial charge >= 0.3 is 0 Å². The van der Waals surface area contributed by atoms with Crippen LogP contribution in [0.3, 0.4) is 0 Å². The Kier molecular flexibility index (Phi) is 4.09. The molecule has 1 heterocycles. The molecule has 2 rings (SSSR count). The molecule has 1 aliphatic carbocycles. The molecule has 0 bridgehead atoms. The molecule has 0 atom stereocenters. The lowest BCUT2D eigenvalue weighted by molar-refractivity contribution is -0.137. The Morgan fingerprint density at radius 2 is 2.18 bits per heavy atom. The molecule has 1 saturated carbocycles. The number of rotatable bonds is 6. The van der Waals surface area contributed by atoms with Gasteiger partial charge in [0.05, 0.1) is 0 Å². The summed E-state index contributed by atoms with van der Waals surface area (Å²) in [5.41, 5.74) is 1.12. The summed E-state index contributed by atoms with van der Waals surface area (Å²) in [5.74, 6) is 0.0890. The topological polar surface area (TPSA) is 42.4 Å². The molecule has 0 spiro atoms. The van der Waals surface area contributed by atoms with Crippen molar-refractivity contribution in [2.45, 2.75) is 32.4 Å². The fraction of sp³-hybridized carbons (Fsp3) is 0.538. The van der Waals surface area contributed by atoms with Crippen molar-refractivity contribution in [2.75, 3.05) is 13.2 Å². The van der Waals surface area contributed by atoms with Crippen molar-refractivity contribution in [1.82, 2.24) is 9.88 Å². The maximum atomic E-state index is 12.0. The highest BCUT2D eigenvalue weighted by Gasteiger charge is 2.32. The van der Waals surface area contributed by atoms with E-state index in [0.717, 1.165) is 18.4 Å². The number of hydrogen-bond donors (Lipinski definition) is 0. The van der Waals surface area contributed by atoms with E-state index in [1.54, 1.807) is 12.4 Å². The number of pyridine rings is 1. The third-order valence-corrected chi connectivity index (χ3v) is 2.84. The summed E-state index contributed by atoms with van der Waals surface area (Å²) in [7, 11) is 0. The standard InChI is InChI=1S/C13H18N2O2/c1-2-17-10-13(16)15(12-3-4-12)9-11-5-7-14-8-6-11/h5-8,12H,2-4,9-10H2,1H3. The summed E-state index contributed by atoms with van der Waals surface area (Å²) in [4.78, 5) is 17.9. The van der Waals surface area contributed by atoms with Crippen molar-refractivity contribution < 1.29 is 9.53 Å². The SMILES string of the molecule is CCOCC(=O)N(Cc1ccncc1)C1CC1. The molecule has 0 aromatic carbocycles. The van der Waals surface area contributed by atoms with E-state index >= 15 is 0 Å². The Morgan fingerprint density at radius 3 is 2.76 bits per heavy atom. The van der Waals surface area contributed by atoms with Crippen LogP contribution in [0.15, 0.2) is 24.5 Å². The molecule has 1 aromatic rings. The van der Waals surface area contributed by atoms with Crippen LogP contribution in [0.5, 0.6) is 0 Å². The van der Waals surface area contributed by atoms with Crippen LogP contribution in [0.1, 0.15) is 25.3 Å². The van der Waals surface area contributed by atoms with Gasteiger partial charge in [-0.15, -0.1) is 0 Å². The van der Waals surface area contributed by atoms with Gasteiger partial charge in [0.2, 0.25) is 5.91 Å². The highest BCUT2D eigenvalue weighted by Crippen LogP contribution is 2.28. The van der Waals surface area contributed by atoms with Crippen LogP contribution in [0.25, 0.3) is 0 Å². The second-order valence-electron chi connectivity index (χ2n) is 4.25. The Bertz CT molecular complexity index is 363. The van der Waals surface area contributed by atoms with Crippen molar-refractivity contribution in [3.8, 4) is 0 Å². The predicted molar refractivity (Wildman–Crippen MR) is 64.3 cm³/mol. The molecule has 4 nitrogen and oxygen atoms in total. The van der Waals surface area contributed by atoms with E-state index in [4.69, 9.17) is 4.74 Å². The minimum atomic E-state index is 0.0890. The molecule has 1 aromatic heterocycles. The number of nitrogens with zero attached hydrogens (tertiary/aromatic N) is 2. The van der Waals surface area contributed by atoms with E-state index in [1.165, 1.54) is 0 Å². The summed E-state index contributed by atoms with van der Waals surface area (Å²) >= 11 is 0. The van der Waals surface area contributed by atoms with E-state index in [0.29, 0.717) is 19.2 Å². The molecule has 0 radical (unpaired) electrons. The van der Waals surface area contributed by atoms with Crippen LogP contribution in [0.4, 0.5) is 0 Å². The van der Waals surface area contributed by atoms with Crippen LogP contribution in [0.2, 0.25) is 0 Å². The zero-order valence-electron chi connectivity index (χ0n) is 10.1. The first kappa shape index (κ1) is 12.0. The molecule has 0 N–H and O–H groups in total. The van der Waals surface area contributed by atoms with Crippen molar-refractivity contribution >= 4 is 5.91 Å². The molecular formula is C13H18N2O2. The van der Waals surface area contributed by atoms with Crippen LogP contribution >= 0.6 is 0 Å². The van der Waals surface area contributed by atoms with Gasteiger partial charge in [-0.05, 0) is 37.5 Å². The van der Waals surface area contributed by atoms with Gasteiger partial charge < -0.3 is 9.64 Å². The fourth-order valence-electron chi connectivity index (χ4n) is 1.76. The van der Waals surface area contributed by atoms with Crippen molar-refractivity contribution in [3.05, 3.63) is 30.1 Å². The third kappa shape index (κ3) is 3.53. The Hall–Kier alpha value is -1.42. The van der Waals surface area contributed by atoms with Gasteiger partial charge in [-0.1, -0.05) is 0 Å². The zero-order chi connectivity index (χ0) is 12.1. The number of carbonyl (C=O) groups excluding carboxylic acids is 1. The first-order valence-electron chi connectivity index (χ1n) is 6.07. The fourth-order valence-corrected chi connectivity index (χ4v) is 1.76. The van der Waals surface area contributed by atoms with Gasteiger partial charge in [-0.2, -0.15) is 0 Å². The second-order valence-corrected chi connectivity index (χ2v) is 4.25.